The minimum absolute atomic E-state index is 0.106. The van der Waals surface area contributed by atoms with Gasteiger partial charge in [0.25, 0.3) is 0 Å². The van der Waals surface area contributed by atoms with E-state index in [4.69, 9.17) is 0 Å². The summed E-state index contributed by atoms with van der Waals surface area (Å²) in [7, 11) is 0. The van der Waals surface area contributed by atoms with Crippen molar-refractivity contribution in [3.8, 4) is 5.75 Å². The summed E-state index contributed by atoms with van der Waals surface area (Å²) in [6.07, 6.45) is 19.5. The second-order valence-corrected chi connectivity index (χ2v) is 12.6. The average Bonchev–Trinajstić information content (AvgIpc) is 3.08. The number of phenolic OH excluding ortho intramolecular Hbond substituents is 1. The lowest BCUT2D eigenvalue weighted by Gasteiger charge is -2.53. The molecule has 2 fully saturated rings. The highest BCUT2D eigenvalue weighted by molar-refractivity contribution is 5.40. The minimum atomic E-state index is -0.106. The topological polar surface area (TPSA) is 40.5 Å². The molecule has 0 radical (unpaired) electrons. The average molecular weight is 455 g/mol. The van der Waals surface area contributed by atoms with Crippen LogP contribution in [-0.4, -0.2) is 16.3 Å². The van der Waals surface area contributed by atoms with Crippen LogP contribution in [0.3, 0.4) is 0 Å². The SMILES string of the molecule is CC(C)CCCCCCCCCCC1Cc2cc(O)ccc2C2CCC3(C)C(O)CCC3C12. The minimum Gasteiger partial charge on any atom is -0.508 e. The Bertz CT molecular complexity index is 755. The third kappa shape index (κ3) is 5.63. The molecule has 3 aliphatic carbocycles. The summed E-state index contributed by atoms with van der Waals surface area (Å²) in [5.74, 6) is 4.03. The lowest BCUT2D eigenvalue weighted by Crippen LogP contribution is -2.47. The monoisotopic (exact) mass is 454 g/mol. The van der Waals surface area contributed by atoms with Gasteiger partial charge in [-0.25, -0.2) is 0 Å². The number of rotatable bonds is 11. The molecule has 2 N–H and O–H groups in total. The maximum Gasteiger partial charge on any atom is 0.115 e. The molecule has 0 aliphatic heterocycles. The number of hydrogen-bond acceptors (Lipinski definition) is 2. The lowest BCUT2D eigenvalue weighted by atomic mass is 9.52. The molecule has 6 atom stereocenters. The van der Waals surface area contributed by atoms with Crippen molar-refractivity contribution in [2.75, 3.05) is 0 Å². The van der Waals surface area contributed by atoms with E-state index in [2.05, 4.69) is 32.9 Å². The van der Waals surface area contributed by atoms with Gasteiger partial charge >= 0.3 is 0 Å². The molecule has 6 unspecified atom stereocenters. The maximum atomic E-state index is 10.8. The molecule has 0 heterocycles. The van der Waals surface area contributed by atoms with Gasteiger partial charge in [-0.15, -0.1) is 0 Å². The summed E-state index contributed by atoms with van der Waals surface area (Å²) in [5.41, 5.74) is 3.04. The third-order valence-corrected chi connectivity index (χ3v) is 9.94. The first-order valence-corrected chi connectivity index (χ1v) is 14.4. The number of fused-ring (bicyclic) bond motifs is 5. The Morgan fingerprint density at radius 1 is 0.939 bits per heavy atom. The van der Waals surface area contributed by atoms with Gasteiger partial charge in [0.2, 0.25) is 0 Å². The molecule has 2 saturated carbocycles. The Morgan fingerprint density at radius 2 is 1.64 bits per heavy atom. The largest absolute Gasteiger partial charge is 0.508 e. The van der Waals surface area contributed by atoms with Gasteiger partial charge in [0, 0.05) is 0 Å². The van der Waals surface area contributed by atoms with Gasteiger partial charge in [-0.2, -0.15) is 0 Å². The van der Waals surface area contributed by atoms with Gasteiger partial charge in [0.05, 0.1) is 6.10 Å². The maximum absolute atomic E-state index is 10.8. The number of hydrogen-bond donors (Lipinski definition) is 2. The fourth-order valence-corrected chi connectivity index (χ4v) is 8.05. The van der Waals surface area contributed by atoms with Crippen LogP contribution in [0.5, 0.6) is 5.75 Å². The van der Waals surface area contributed by atoms with Crippen LogP contribution in [0.1, 0.15) is 128 Å². The molecule has 0 saturated heterocycles. The van der Waals surface area contributed by atoms with Crippen LogP contribution in [0.15, 0.2) is 18.2 Å². The second kappa shape index (κ2) is 11.1. The molecule has 2 heteroatoms. The molecular weight excluding hydrogens is 404 g/mol. The Hall–Kier alpha value is -1.02. The van der Waals surface area contributed by atoms with Crippen LogP contribution in [0.4, 0.5) is 0 Å². The van der Waals surface area contributed by atoms with E-state index in [9.17, 15) is 10.2 Å². The number of phenols is 1. The van der Waals surface area contributed by atoms with E-state index < -0.39 is 0 Å². The predicted molar refractivity (Wildman–Crippen MR) is 139 cm³/mol. The zero-order valence-corrected chi connectivity index (χ0v) is 21.7. The standard InChI is InChI=1S/C31H50O2/c1-22(2)12-10-8-6-4-5-7-9-11-13-23-20-24-21-25(32)14-15-26(24)27-18-19-31(3)28(30(23)27)16-17-29(31)33/h14-15,21-23,27-30,32-33H,4-13,16-20H2,1-3H3. The third-order valence-electron chi connectivity index (χ3n) is 9.94. The summed E-state index contributed by atoms with van der Waals surface area (Å²) in [4.78, 5) is 0. The summed E-state index contributed by atoms with van der Waals surface area (Å²) in [6, 6.07) is 6.17. The number of unbranched alkanes of at least 4 members (excludes halogenated alkanes) is 7. The highest BCUT2D eigenvalue weighted by Crippen LogP contribution is 2.62. The molecule has 1 aromatic carbocycles. The normalized spacial score (nSPS) is 33.1. The Morgan fingerprint density at radius 3 is 2.36 bits per heavy atom. The Labute approximate surface area is 203 Å². The van der Waals surface area contributed by atoms with Crippen LogP contribution >= 0.6 is 0 Å². The summed E-state index contributed by atoms with van der Waals surface area (Å²) in [6.45, 7) is 7.05. The van der Waals surface area contributed by atoms with Crippen molar-refractivity contribution < 1.29 is 10.2 Å². The van der Waals surface area contributed by atoms with Crippen LogP contribution < -0.4 is 0 Å². The van der Waals surface area contributed by atoms with E-state index in [1.165, 1.54) is 88.2 Å². The fraction of sp³-hybridized carbons (Fsp3) is 0.806. The van der Waals surface area contributed by atoms with Crippen LogP contribution in [0, 0.1) is 29.1 Å². The lowest BCUT2D eigenvalue weighted by molar-refractivity contribution is -0.0396. The van der Waals surface area contributed by atoms with Crippen LogP contribution in [-0.2, 0) is 6.42 Å². The van der Waals surface area contributed by atoms with Crippen molar-refractivity contribution in [1.29, 1.82) is 0 Å². The molecule has 0 amide bonds. The van der Waals surface area contributed by atoms with E-state index in [1.807, 2.05) is 6.07 Å². The van der Waals surface area contributed by atoms with Crippen molar-refractivity contribution in [2.45, 2.75) is 129 Å². The molecule has 2 nitrogen and oxygen atoms in total. The number of aliphatic hydroxyl groups is 1. The summed E-state index contributed by atoms with van der Waals surface area (Å²) < 4.78 is 0. The molecule has 1 aromatic rings. The van der Waals surface area contributed by atoms with Crippen molar-refractivity contribution >= 4 is 0 Å². The van der Waals surface area contributed by atoms with Gasteiger partial charge in [0.15, 0.2) is 0 Å². The second-order valence-electron chi connectivity index (χ2n) is 12.6. The zero-order valence-electron chi connectivity index (χ0n) is 21.7. The molecule has 0 aromatic heterocycles. The van der Waals surface area contributed by atoms with Crippen molar-refractivity contribution in [3.05, 3.63) is 29.3 Å². The van der Waals surface area contributed by atoms with Gasteiger partial charge in [-0.3, -0.25) is 0 Å². The van der Waals surface area contributed by atoms with E-state index in [0.717, 1.165) is 37.0 Å². The molecule has 4 rings (SSSR count). The Balaban J connectivity index is 1.31. The quantitative estimate of drug-likeness (QED) is 0.330. The van der Waals surface area contributed by atoms with E-state index in [-0.39, 0.29) is 11.5 Å². The van der Waals surface area contributed by atoms with Crippen molar-refractivity contribution in [1.82, 2.24) is 0 Å². The summed E-state index contributed by atoms with van der Waals surface area (Å²) in [5, 5.41) is 21.0. The smallest absolute Gasteiger partial charge is 0.115 e. The highest BCUT2D eigenvalue weighted by Gasteiger charge is 2.56. The molecular formula is C31H50O2. The molecule has 0 bridgehead atoms. The van der Waals surface area contributed by atoms with Crippen LogP contribution in [0.25, 0.3) is 0 Å². The number of aliphatic hydroxyl groups excluding tert-OH is 1. The first-order chi connectivity index (χ1) is 15.9. The van der Waals surface area contributed by atoms with E-state index >= 15 is 0 Å². The molecule has 186 valence electrons. The Kier molecular flexibility index (Phi) is 8.47. The zero-order chi connectivity index (χ0) is 23.4. The number of benzene rings is 1. The fourth-order valence-electron chi connectivity index (χ4n) is 8.05. The van der Waals surface area contributed by atoms with Crippen molar-refractivity contribution in [3.63, 3.8) is 0 Å². The van der Waals surface area contributed by atoms with E-state index in [0.29, 0.717) is 17.6 Å². The highest BCUT2D eigenvalue weighted by atomic mass is 16.3. The van der Waals surface area contributed by atoms with Crippen molar-refractivity contribution in [2.24, 2.45) is 29.1 Å². The molecule has 3 aliphatic rings. The van der Waals surface area contributed by atoms with Gasteiger partial charge in [-0.05, 0) is 96.8 Å². The van der Waals surface area contributed by atoms with E-state index in [1.54, 1.807) is 0 Å². The molecule has 0 spiro atoms. The van der Waals surface area contributed by atoms with Gasteiger partial charge < -0.3 is 10.2 Å². The number of aromatic hydroxyl groups is 1. The van der Waals surface area contributed by atoms with Gasteiger partial charge in [-0.1, -0.05) is 84.6 Å². The molecule has 33 heavy (non-hydrogen) atoms. The van der Waals surface area contributed by atoms with Gasteiger partial charge in [0.1, 0.15) is 5.75 Å². The van der Waals surface area contributed by atoms with Crippen LogP contribution in [0.2, 0.25) is 0 Å². The first-order valence-electron chi connectivity index (χ1n) is 14.4. The summed E-state index contributed by atoms with van der Waals surface area (Å²) >= 11 is 0. The predicted octanol–water partition coefficient (Wildman–Crippen LogP) is 8.39. The first kappa shape index (κ1) is 25.1.